The minimum atomic E-state index is -3.82. The Balaban J connectivity index is 1.63. The highest BCUT2D eigenvalue weighted by atomic mass is 32.2. The molecule has 1 amide bonds. The topological polar surface area (TPSA) is 152 Å². The van der Waals surface area contributed by atoms with Gasteiger partial charge in [-0.25, -0.2) is 17.8 Å². The van der Waals surface area contributed by atoms with Crippen LogP contribution in [0.2, 0.25) is 0 Å². The van der Waals surface area contributed by atoms with Gasteiger partial charge in [-0.2, -0.15) is 0 Å². The highest BCUT2D eigenvalue weighted by Crippen LogP contribution is 2.43. The van der Waals surface area contributed by atoms with Crippen molar-refractivity contribution in [2.75, 3.05) is 24.7 Å². The number of benzene rings is 3. The van der Waals surface area contributed by atoms with Gasteiger partial charge in [-0.3, -0.25) is 9.59 Å². The van der Waals surface area contributed by atoms with Crippen molar-refractivity contribution < 1.29 is 32.2 Å². The van der Waals surface area contributed by atoms with Crippen molar-refractivity contribution in [3.8, 4) is 5.75 Å². The molecule has 0 bridgehead atoms. The third kappa shape index (κ3) is 5.64. The highest BCUT2D eigenvalue weighted by Gasteiger charge is 2.46. The first-order chi connectivity index (χ1) is 20.9. The van der Waals surface area contributed by atoms with Crippen molar-refractivity contribution in [2.24, 2.45) is 5.92 Å². The third-order valence-corrected chi connectivity index (χ3v) is 10.3. The number of likely N-dealkylation sites (tertiary alicyclic amines) is 1. The first-order valence-electron chi connectivity index (χ1n) is 14.0. The molecule has 4 aromatic rings. The number of anilines is 2. The van der Waals surface area contributed by atoms with Crippen molar-refractivity contribution >= 4 is 44.0 Å². The molecule has 3 aromatic carbocycles. The molecule has 0 unspecified atom stereocenters. The lowest BCUT2D eigenvalue weighted by molar-refractivity contribution is -0.143. The van der Waals surface area contributed by atoms with Gasteiger partial charge in [0.15, 0.2) is 21.4 Å². The largest absolute Gasteiger partial charge is 0.494 e. The van der Waals surface area contributed by atoms with Gasteiger partial charge in [0.2, 0.25) is 5.91 Å². The van der Waals surface area contributed by atoms with Crippen LogP contribution in [0, 0.1) is 11.7 Å². The van der Waals surface area contributed by atoms with E-state index in [0.717, 1.165) is 10.8 Å². The first kappa shape index (κ1) is 30.7. The maximum atomic E-state index is 14.6. The Morgan fingerprint density at radius 3 is 2.57 bits per heavy atom. The van der Waals surface area contributed by atoms with Gasteiger partial charge in [-0.15, -0.1) is 0 Å². The molecular weight excluding hydrogens is 587 g/mol. The van der Waals surface area contributed by atoms with Crippen LogP contribution in [-0.4, -0.2) is 54.2 Å². The number of aromatic nitrogens is 1. The molecule has 0 aliphatic carbocycles. The molecule has 0 spiro atoms. The molecule has 230 valence electrons. The number of hydrogen-bond acceptors (Lipinski definition) is 8. The highest BCUT2D eigenvalue weighted by molar-refractivity contribution is 7.92. The van der Waals surface area contributed by atoms with Gasteiger partial charge in [0.05, 0.1) is 29.2 Å². The van der Waals surface area contributed by atoms with E-state index in [4.69, 9.17) is 10.5 Å². The second kappa shape index (κ2) is 12.1. The van der Waals surface area contributed by atoms with Crippen molar-refractivity contribution in [3.05, 3.63) is 89.9 Å². The van der Waals surface area contributed by atoms with Crippen LogP contribution in [0.5, 0.6) is 5.75 Å². The predicted molar refractivity (Wildman–Crippen MR) is 164 cm³/mol. The van der Waals surface area contributed by atoms with Crippen LogP contribution >= 0.6 is 0 Å². The number of nitrogens with two attached hydrogens (primary N) is 1. The number of carboxylic acid groups (broad SMARTS) is 1. The van der Waals surface area contributed by atoms with E-state index in [1.807, 2.05) is 0 Å². The summed E-state index contributed by atoms with van der Waals surface area (Å²) < 4.78 is 46.4. The number of rotatable bonds is 9. The number of carbonyl (C=O) groups is 2. The summed E-state index contributed by atoms with van der Waals surface area (Å²) >= 11 is 0. The summed E-state index contributed by atoms with van der Waals surface area (Å²) in [4.78, 5) is 32.5. The maximum absolute atomic E-state index is 14.6. The number of methoxy groups -OCH3 is 1. The Labute approximate surface area is 254 Å². The molecular formula is C32H33FN4O6S. The first-order valence-corrected chi connectivity index (χ1v) is 15.6. The van der Waals surface area contributed by atoms with E-state index in [1.54, 1.807) is 62.5 Å². The Bertz CT molecular complexity index is 1850. The van der Waals surface area contributed by atoms with Crippen molar-refractivity contribution in [3.63, 3.8) is 0 Å². The number of ether oxygens (including phenoxy) is 1. The number of carbonyl (C=O) groups excluding carboxylic acids is 1. The predicted octanol–water partition coefficient (Wildman–Crippen LogP) is 4.97. The van der Waals surface area contributed by atoms with Crippen LogP contribution in [0.25, 0.3) is 10.8 Å². The van der Waals surface area contributed by atoms with E-state index in [1.165, 1.54) is 36.3 Å². The number of sulfone groups is 1. The van der Waals surface area contributed by atoms with Gasteiger partial charge in [0.1, 0.15) is 11.9 Å². The van der Waals surface area contributed by atoms with Crippen LogP contribution < -0.4 is 15.8 Å². The molecule has 1 aromatic heterocycles. The molecule has 3 atom stereocenters. The van der Waals surface area contributed by atoms with Crippen LogP contribution in [0.1, 0.15) is 43.5 Å². The SMILES string of the molecule is COc1cc([C@@H](Nc2ccc3c(N)nccc3c2)C(=O)N2CC[C@H](C(=O)O)[C@@H]2c2ccccc2S(=O)(=O)C(C)C)ccc1F. The summed E-state index contributed by atoms with van der Waals surface area (Å²) in [6.45, 7) is 3.16. The number of fused-ring (bicyclic) bond motifs is 1. The Kier molecular flexibility index (Phi) is 8.46. The van der Waals surface area contributed by atoms with Gasteiger partial charge >= 0.3 is 5.97 Å². The summed E-state index contributed by atoms with van der Waals surface area (Å²) in [5.41, 5.74) is 7.16. The molecule has 44 heavy (non-hydrogen) atoms. The fourth-order valence-corrected chi connectivity index (χ4v) is 6.98. The van der Waals surface area contributed by atoms with Crippen LogP contribution in [0.15, 0.2) is 77.8 Å². The number of amides is 1. The smallest absolute Gasteiger partial charge is 0.309 e. The van der Waals surface area contributed by atoms with Gasteiger partial charge in [0.25, 0.3) is 0 Å². The molecule has 5 rings (SSSR count). The average molecular weight is 621 g/mol. The number of pyridine rings is 1. The van der Waals surface area contributed by atoms with Gasteiger partial charge < -0.3 is 25.8 Å². The van der Waals surface area contributed by atoms with Crippen molar-refractivity contribution in [1.29, 1.82) is 0 Å². The lowest BCUT2D eigenvalue weighted by atomic mass is 9.93. The lowest BCUT2D eigenvalue weighted by Crippen LogP contribution is -2.40. The number of nitrogens with one attached hydrogen (secondary N) is 1. The molecule has 1 saturated heterocycles. The minimum Gasteiger partial charge on any atom is -0.494 e. The quantitative estimate of drug-likeness (QED) is 0.235. The molecule has 12 heteroatoms. The Hall–Kier alpha value is -4.71. The molecule has 0 radical (unpaired) electrons. The maximum Gasteiger partial charge on any atom is 0.309 e. The van der Waals surface area contributed by atoms with Gasteiger partial charge in [-0.05, 0) is 79.2 Å². The molecule has 2 heterocycles. The average Bonchev–Trinajstić information content (AvgIpc) is 3.45. The molecule has 1 aliphatic heterocycles. The zero-order valence-electron chi connectivity index (χ0n) is 24.4. The summed E-state index contributed by atoms with van der Waals surface area (Å²) in [6.07, 6.45) is 1.68. The minimum absolute atomic E-state index is 0.0142. The van der Waals surface area contributed by atoms with E-state index in [0.29, 0.717) is 17.1 Å². The normalized spacial score (nSPS) is 17.5. The Morgan fingerprint density at radius 1 is 1.11 bits per heavy atom. The number of nitrogen functional groups attached to an aromatic ring is 1. The second-order valence-corrected chi connectivity index (χ2v) is 13.4. The molecule has 10 nitrogen and oxygen atoms in total. The van der Waals surface area contributed by atoms with Crippen molar-refractivity contribution in [1.82, 2.24) is 9.88 Å². The second-order valence-electron chi connectivity index (χ2n) is 10.9. The standard InChI is InChI=1S/C32H33FN4O6S/c1-18(2)44(41,42)27-7-5-4-6-23(27)29-24(32(39)40)13-15-37(29)31(38)28(20-8-11-25(33)26(17-20)43-3)36-21-9-10-22-19(16-21)12-14-35-30(22)34/h4-12,14,16-18,24,28-29,36H,13,15H2,1-3H3,(H2,34,35)(H,39,40)/t24-,28+,29-/m0/s1. The number of halogens is 1. The van der Waals surface area contributed by atoms with Crippen LogP contribution in [0.3, 0.4) is 0 Å². The van der Waals surface area contributed by atoms with E-state index in [9.17, 15) is 27.5 Å². The molecule has 1 aliphatic rings. The Morgan fingerprint density at radius 2 is 1.86 bits per heavy atom. The number of carboxylic acids is 1. The monoisotopic (exact) mass is 620 g/mol. The number of hydrogen-bond donors (Lipinski definition) is 3. The summed E-state index contributed by atoms with van der Waals surface area (Å²) in [6, 6.07) is 15.1. The summed E-state index contributed by atoms with van der Waals surface area (Å²) in [5.74, 6) is -3.06. The number of aliphatic carboxylic acids is 1. The fourth-order valence-electron chi connectivity index (χ4n) is 5.69. The van der Waals surface area contributed by atoms with Crippen LogP contribution in [0.4, 0.5) is 15.9 Å². The van der Waals surface area contributed by atoms with Gasteiger partial charge in [0, 0.05) is 23.8 Å². The van der Waals surface area contributed by atoms with Gasteiger partial charge in [-0.1, -0.05) is 24.3 Å². The fraction of sp³-hybridized carbons (Fsp3) is 0.281. The van der Waals surface area contributed by atoms with E-state index >= 15 is 0 Å². The zero-order chi connectivity index (χ0) is 31.8. The molecule has 0 saturated carbocycles. The van der Waals surface area contributed by atoms with Crippen molar-refractivity contribution in [2.45, 2.75) is 42.5 Å². The van der Waals surface area contributed by atoms with Crippen LogP contribution in [-0.2, 0) is 19.4 Å². The summed E-state index contributed by atoms with van der Waals surface area (Å²) in [7, 11) is -2.51. The zero-order valence-corrected chi connectivity index (χ0v) is 25.2. The number of nitrogens with zero attached hydrogens (tertiary/aromatic N) is 2. The van der Waals surface area contributed by atoms with E-state index in [2.05, 4.69) is 10.3 Å². The van der Waals surface area contributed by atoms with E-state index in [-0.39, 0.29) is 29.2 Å². The molecule has 4 N–H and O–H groups in total. The third-order valence-electron chi connectivity index (χ3n) is 8.02. The molecule has 1 fully saturated rings. The summed E-state index contributed by atoms with van der Waals surface area (Å²) in [5, 5.41) is 14.1. The van der Waals surface area contributed by atoms with E-state index < -0.39 is 50.8 Å². The lowest BCUT2D eigenvalue weighted by Gasteiger charge is -2.32.